The number of rotatable bonds is 8. The summed E-state index contributed by atoms with van der Waals surface area (Å²) in [7, 11) is 0. The summed E-state index contributed by atoms with van der Waals surface area (Å²) in [5.74, 6) is -0.616. The summed E-state index contributed by atoms with van der Waals surface area (Å²) in [6, 6.07) is 16.6. The van der Waals surface area contributed by atoms with Gasteiger partial charge in [0, 0.05) is 24.4 Å². The lowest BCUT2D eigenvalue weighted by atomic mass is 9.71. The van der Waals surface area contributed by atoms with Gasteiger partial charge in [-0.1, -0.05) is 55.5 Å². The highest BCUT2D eigenvalue weighted by molar-refractivity contribution is 5.80. The van der Waals surface area contributed by atoms with Crippen molar-refractivity contribution >= 4 is 18.0 Å². The SMILES string of the molecule is CC(CCNC(=O)C1CC2CC(NC(=O)OCC3c4ccccc4-c4ccccc43)C2C1)C(=O)O. The van der Waals surface area contributed by atoms with Crippen molar-refractivity contribution in [2.75, 3.05) is 13.2 Å². The molecule has 3 N–H and O–H groups in total. The number of carbonyl (C=O) groups is 3. The minimum absolute atomic E-state index is 0.00289. The molecule has 35 heavy (non-hydrogen) atoms. The van der Waals surface area contributed by atoms with Crippen LogP contribution in [0.1, 0.15) is 49.7 Å². The number of nitrogens with one attached hydrogen (secondary N) is 2. The molecule has 7 nitrogen and oxygen atoms in total. The first-order valence-corrected chi connectivity index (χ1v) is 12.5. The van der Waals surface area contributed by atoms with Crippen LogP contribution in [-0.4, -0.2) is 42.3 Å². The van der Waals surface area contributed by atoms with Gasteiger partial charge in [0.2, 0.25) is 5.91 Å². The van der Waals surface area contributed by atoms with Crippen molar-refractivity contribution in [1.82, 2.24) is 10.6 Å². The van der Waals surface area contributed by atoms with Crippen LogP contribution in [0, 0.1) is 23.7 Å². The second-order valence-electron chi connectivity index (χ2n) is 10.2. The Kier molecular flexibility index (Phi) is 6.50. The van der Waals surface area contributed by atoms with Gasteiger partial charge < -0.3 is 20.5 Å². The minimum Gasteiger partial charge on any atom is -0.481 e. The maximum atomic E-state index is 12.6. The molecule has 2 fully saturated rings. The monoisotopic (exact) mass is 476 g/mol. The van der Waals surface area contributed by atoms with Gasteiger partial charge in [0.25, 0.3) is 0 Å². The van der Waals surface area contributed by atoms with Crippen molar-refractivity contribution in [3.63, 3.8) is 0 Å². The largest absolute Gasteiger partial charge is 0.481 e. The fraction of sp³-hybridized carbons (Fsp3) is 0.464. The van der Waals surface area contributed by atoms with E-state index in [1.807, 2.05) is 24.3 Å². The van der Waals surface area contributed by atoms with Crippen LogP contribution < -0.4 is 10.6 Å². The Morgan fingerprint density at radius 2 is 1.66 bits per heavy atom. The maximum absolute atomic E-state index is 12.6. The highest BCUT2D eigenvalue weighted by Crippen LogP contribution is 2.50. The zero-order valence-electron chi connectivity index (χ0n) is 19.9. The molecule has 5 rings (SSSR count). The molecule has 2 aromatic rings. The number of benzene rings is 2. The predicted octanol–water partition coefficient (Wildman–Crippen LogP) is 4.17. The number of carboxylic acids is 1. The van der Waals surface area contributed by atoms with Crippen LogP contribution >= 0.6 is 0 Å². The third kappa shape index (κ3) is 4.64. The number of alkyl carbamates (subject to hydrolysis) is 1. The fourth-order valence-corrected chi connectivity index (χ4v) is 6.08. The number of ether oxygens (including phenoxy) is 1. The Morgan fingerprint density at radius 1 is 1.00 bits per heavy atom. The van der Waals surface area contributed by atoms with Gasteiger partial charge >= 0.3 is 12.1 Å². The molecule has 0 aromatic heterocycles. The van der Waals surface area contributed by atoms with Gasteiger partial charge in [-0.15, -0.1) is 0 Å². The van der Waals surface area contributed by atoms with E-state index < -0.39 is 18.0 Å². The topological polar surface area (TPSA) is 105 Å². The minimum atomic E-state index is -0.847. The lowest BCUT2D eigenvalue weighted by molar-refractivity contribution is -0.141. The van der Waals surface area contributed by atoms with E-state index in [0.29, 0.717) is 31.4 Å². The fourth-order valence-electron chi connectivity index (χ4n) is 6.08. The molecule has 7 heteroatoms. The molecule has 5 atom stereocenters. The van der Waals surface area contributed by atoms with Crippen LogP contribution in [0.25, 0.3) is 11.1 Å². The Balaban J connectivity index is 1.09. The van der Waals surface area contributed by atoms with Gasteiger partial charge in [-0.3, -0.25) is 9.59 Å². The second kappa shape index (κ2) is 9.72. The number of aliphatic carboxylic acids is 1. The van der Waals surface area contributed by atoms with Gasteiger partial charge in [0.1, 0.15) is 6.61 Å². The molecule has 0 saturated heterocycles. The van der Waals surface area contributed by atoms with Crippen LogP contribution in [0.15, 0.2) is 48.5 Å². The zero-order chi connectivity index (χ0) is 24.5. The molecule has 0 radical (unpaired) electrons. The number of amides is 2. The molecule has 2 amide bonds. The van der Waals surface area contributed by atoms with Crippen LogP contribution in [-0.2, 0) is 14.3 Å². The average molecular weight is 477 g/mol. The van der Waals surface area contributed by atoms with Gasteiger partial charge in [0.05, 0.1) is 5.92 Å². The summed E-state index contributed by atoms with van der Waals surface area (Å²) in [6.45, 7) is 2.31. The summed E-state index contributed by atoms with van der Waals surface area (Å²) in [4.78, 5) is 36.1. The number of carbonyl (C=O) groups excluding carboxylic acids is 2. The van der Waals surface area contributed by atoms with E-state index in [2.05, 4.69) is 34.9 Å². The second-order valence-corrected chi connectivity index (χ2v) is 10.2. The number of hydrogen-bond acceptors (Lipinski definition) is 4. The van der Waals surface area contributed by atoms with E-state index in [4.69, 9.17) is 9.84 Å². The lowest BCUT2D eigenvalue weighted by Crippen LogP contribution is -2.50. The van der Waals surface area contributed by atoms with Crippen molar-refractivity contribution in [2.45, 2.75) is 44.6 Å². The van der Waals surface area contributed by atoms with Crippen molar-refractivity contribution in [3.8, 4) is 11.1 Å². The Hall–Kier alpha value is -3.35. The molecule has 2 aromatic carbocycles. The first-order chi connectivity index (χ1) is 16.9. The first kappa shape index (κ1) is 23.4. The van der Waals surface area contributed by atoms with E-state index in [1.165, 1.54) is 22.3 Å². The Labute approximate surface area is 205 Å². The first-order valence-electron chi connectivity index (χ1n) is 12.5. The van der Waals surface area contributed by atoms with E-state index >= 15 is 0 Å². The normalized spacial score (nSPS) is 24.9. The number of fused-ring (bicyclic) bond motifs is 4. The van der Waals surface area contributed by atoms with E-state index in [1.54, 1.807) is 6.92 Å². The quantitative estimate of drug-likeness (QED) is 0.531. The number of hydrogen-bond donors (Lipinski definition) is 3. The van der Waals surface area contributed by atoms with Crippen molar-refractivity contribution in [1.29, 1.82) is 0 Å². The molecule has 184 valence electrons. The van der Waals surface area contributed by atoms with E-state index in [0.717, 1.165) is 19.3 Å². The summed E-state index contributed by atoms with van der Waals surface area (Å²) < 4.78 is 5.69. The molecule has 0 aliphatic heterocycles. The molecule has 2 saturated carbocycles. The zero-order valence-corrected chi connectivity index (χ0v) is 19.9. The van der Waals surface area contributed by atoms with Crippen LogP contribution in [0.5, 0.6) is 0 Å². The highest BCUT2D eigenvalue weighted by atomic mass is 16.5. The van der Waals surface area contributed by atoms with Gasteiger partial charge in [-0.2, -0.15) is 0 Å². The molecule has 3 aliphatic rings. The molecular formula is C28H32N2O5. The third-order valence-electron chi connectivity index (χ3n) is 8.14. The third-order valence-corrected chi connectivity index (χ3v) is 8.14. The van der Waals surface area contributed by atoms with Crippen LogP contribution in [0.2, 0.25) is 0 Å². The standard InChI is InChI=1S/C28H32N2O5/c1-16(27(32)33)10-11-29-26(31)18-12-17-14-25(23(17)13-18)30-28(34)35-15-24-21-8-4-2-6-19(21)20-7-3-5-9-22(20)24/h2-9,16-18,23-25H,10-15H2,1H3,(H,29,31)(H,30,34)(H,32,33). The molecular weight excluding hydrogens is 444 g/mol. The molecule has 0 bridgehead atoms. The summed E-state index contributed by atoms with van der Waals surface area (Å²) in [5, 5.41) is 14.9. The van der Waals surface area contributed by atoms with Crippen LogP contribution in [0.3, 0.4) is 0 Å². The predicted molar refractivity (Wildman–Crippen MR) is 131 cm³/mol. The smallest absolute Gasteiger partial charge is 0.407 e. The summed E-state index contributed by atoms with van der Waals surface area (Å²) >= 11 is 0. The summed E-state index contributed by atoms with van der Waals surface area (Å²) in [6.07, 6.45) is 2.47. The van der Waals surface area contributed by atoms with E-state index in [9.17, 15) is 14.4 Å². The maximum Gasteiger partial charge on any atom is 0.407 e. The summed E-state index contributed by atoms with van der Waals surface area (Å²) in [5.41, 5.74) is 4.78. The van der Waals surface area contributed by atoms with Crippen molar-refractivity contribution < 1.29 is 24.2 Å². The Morgan fingerprint density at radius 3 is 2.31 bits per heavy atom. The number of carboxylic acid groups (broad SMARTS) is 1. The molecule has 0 spiro atoms. The van der Waals surface area contributed by atoms with Crippen molar-refractivity contribution in [3.05, 3.63) is 59.7 Å². The molecule has 3 aliphatic carbocycles. The molecule has 0 heterocycles. The molecule has 5 unspecified atom stereocenters. The lowest BCUT2D eigenvalue weighted by Gasteiger charge is -2.40. The van der Waals surface area contributed by atoms with Gasteiger partial charge in [0.15, 0.2) is 0 Å². The van der Waals surface area contributed by atoms with Gasteiger partial charge in [-0.05, 0) is 59.8 Å². The average Bonchev–Trinajstić information content (AvgIpc) is 3.36. The van der Waals surface area contributed by atoms with Gasteiger partial charge in [-0.25, -0.2) is 4.79 Å². The van der Waals surface area contributed by atoms with Crippen LogP contribution in [0.4, 0.5) is 4.79 Å². The highest BCUT2D eigenvalue weighted by Gasteiger charge is 2.50. The van der Waals surface area contributed by atoms with Crippen molar-refractivity contribution in [2.24, 2.45) is 23.7 Å². The van der Waals surface area contributed by atoms with E-state index in [-0.39, 0.29) is 23.8 Å². The Bertz CT molecular complexity index is 1090.